The molecule has 0 spiro atoms. The average molecular weight is 348 g/mol. The fourth-order valence-electron chi connectivity index (χ4n) is 1.97. The Morgan fingerprint density at radius 1 is 1.17 bits per heavy atom. The first-order valence-corrected chi connectivity index (χ1v) is 8.47. The first-order chi connectivity index (χ1) is 11.6. The molecule has 128 valence electrons. The molecule has 1 heterocycles. The number of ether oxygens (including phenoxy) is 2. The molecular weight excluding hydrogens is 328 g/mol. The van der Waals surface area contributed by atoms with E-state index in [9.17, 15) is 4.79 Å². The van der Waals surface area contributed by atoms with Crippen molar-refractivity contribution in [2.75, 3.05) is 13.2 Å². The van der Waals surface area contributed by atoms with E-state index in [0.29, 0.717) is 24.7 Å². The third-order valence-corrected chi connectivity index (χ3v) is 3.87. The molecule has 2 rings (SSSR count). The van der Waals surface area contributed by atoms with E-state index in [2.05, 4.69) is 5.16 Å². The number of oxime groups is 1. The number of benzene rings is 1. The van der Waals surface area contributed by atoms with Crippen LogP contribution in [0.1, 0.15) is 24.3 Å². The normalized spacial score (nSPS) is 11.2. The Morgan fingerprint density at radius 3 is 2.58 bits per heavy atom. The molecule has 0 unspecified atom stereocenters. The summed E-state index contributed by atoms with van der Waals surface area (Å²) >= 11 is 1.42. The number of hydrogen-bond acceptors (Lipinski definition) is 6. The van der Waals surface area contributed by atoms with Crippen LogP contribution in [0, 0.1) is 0 Å². The number of hydrogen-bond donors (Lipinski definition) is 1. The number of nitrogens with zero attached hydrogens (tertiary/aromatic N) is 1. The molecule has 0 aliphatic carbocycles. The van der Waals surface area contributed by atoms with Gasteiger partial charge in [0.2, 0.25) is 0 Å². The Bertz CT molecular complexity index is 699. The Labute approximate surface area is 144 Å². The number of carbonyl (C=O) groups is 1. The molecule has 0 saturated heterocycles. The fourth-order valence-corrected chi connectivity index (χ4v) is 2.59. The lowest BCUT2D eigenvalue weighted by molar-refractivity contribution is -0.142. The van der Waals surface area contributed by atoms with E-state index in [1.54, 1.807) is 24.3 Å². The van der Waals surface area contributed by atoms with Crippen LogP contribution in [0.25, 0.3) is 0 Å². The Hall–Kier alpha value is -2.54. The predicted molar refractivity (Wildman–Crippen MR) is 93.6 cm³/mol. The van der Waals surface area contributed by atoms with Gasteiger partial charge in [-0.2, -0.15) is 0 Å². The number of nitrogens with two attached hydrogens (primary N) is 1. The molecule has 0 saturated carbocycles. The summed E-state index contributed by atoms with van der Waals surface area (Å²) < 4.78 is 11.0. The molecule has 0 amide bonds. The summed E-state index contributed by atoms with van der Waals surface area (Å²) in [6, 6.07) is 8.99. The zero-order valence-electron chi connectivity index (χ0n) is 13.7. The van der Waals surface area contributed by atoms with E-state index in [4.69, 9.17) is 20.0 Å². The largest absolute Gasteiger partial charge is 0.490 e. The maximum absolute atomic E-state index is 11.9. The lowest BCUT2D eigenvalue weighted by Gasteiger charge is -2.11. The van der Waals surface area contributed by atoms with E-state index in [0.717, 1.165) is 10.4 Å². The molecule has 6 nitrogen and oxygen atoms in total. The molecule has 24 heavy (non-hydrogen) atoms. The minimum Gasteiger partial charge on any atom is -0.490 e. The van der Waals surface area contributed by atoms with Gasteiger partial charge in [0.05, 0.1) is 24.5 Å². The highest BCUT2D eigenvalue weighted by atomic mass is 32.1. The van der Waals surface area contributed by atoms with E-state index < -0.39 is 5.97 Å². The lowest BCUT2D eigenvalue weighted by Crippen LogP contribution is -2.14. The summed E-state index contributed by atoms with van der Waals surface area (Å²) in [5, 5.41) is 5.54. The van der Waals surface area contributed by atoms with Crippen LogP contribution >= 0.6 is 11.3 Å². The monoisotopic (exact) mass is 348 g/mol. The second-order valence-corrected chi connectivity index (χ2v) is 5.69. The van der Waals surface area contributed by atoms with Gasteiger partial charge in [-0.05, 0) is 43.0 Å². The highest BCUT2D eigenvalue weighted by molar-refractivity contribution is 7.12. The molecule has 0 fully saturated rings. The van der Waals surface area contributed by atoms with Gasteiger partial charge in [0, 0.05) is 0 Å². The van der Waals surface area contributed by atoms with Crippen molar-refractivity contribution in [3.8, 4) is 11.5 Å². The third-order valence-electron chi connectivity index (χ3n) is 2.98. The van der Waals surface area contributed by atoms with Crippen LogP contribution in [0.2, 0.25) is 0 Å². The van der Waals surface area contributed by atoms with E-state index in [-0.39, 0.29) is 12.3 Å². The molecule has 1 aromatic heterocycles. The van der Waals surface area contributed by atoms with Gasteiger partial charge in [0.25, 0.3) is 0 Å². The van der Waals surface area contributed by atoms with Gasteiger partial charge in [-0.25, -0.2) is 4.79 Å². The standard InChI is InChI=1S/C17H20N2O4S/c1-3-21-13-8-7-12(10-14(13)22-4-2)11-16(20)23-19-17(18)15-6-5-9-24-15/h5-10H,3-4,11H2,1-2H3,(H2,18,19). The van der Waals surface area contributed by atoms with Crippen molar-refractivity contribution in [2.24, 2.45) is 10.9 Å². The van der Waals surface area contributed by atoms with Crippen LogP contribution in [-0.4, -0.2) is 25.0 Å². The maximum Gasteiger partial charge on any atom is 0.339 e. The number of amidine groups is 1. The van der Waals surface area contributed by atoms with Crippen molar-refractivity contribution in [1.82, 2.24) is 0 Å². The second-order valence-electron chi connectivity index (χ2n) is 4.74. The number of carbonyl (C=O) groups excluding carboxylic acids is 1. The summed E-state index contributed by atoms with van der Waals surface area (Å²) in [5.41, 5.74) is 6.49. The minimum atomic E-state index is -0.499. The molecule has 2 aromatic rings. The van der Waals surface area contributed by atoms with Crippen LogP contribution < -0.4 is 15.2 Å². The highest BCUT2D eigenvalue weighted by Gasteiger charge is 2.11. The minimum absolute atomic E-state index is 0.0632. The fraction of sp³-hybridized carbons (Fsp3) is 0.294. The van der Waals surface area contributed by atoms with Gasteiger partial charge in [0.15, 0.2) is 17.3 Å². The summed E-state index contributed by atoms with van der Waals surface area (Å²) in [6.45, 7) is 4.84. The van der Waals surface area contributed by atoms with Crippen LogP contribution in [-0.2, 0) is 16.1 Å². The first-order valence-electron chi connectivity index (χ1n) is 7.59. The van der Waals surface area contributed by atoms with Crippen molar-refractivity contribution >= 4 is 23.1 Å². The van der Waals surface area contributed by atoms with Gasteiger partial charge < -0.3 is 20.0 Å². The Kier molecular flexibility index (Phi) is 6.62. The SMILES string of the molecule is CCOc1ccc(CC(=O)O/N=C(\N)c2cccs2)cc1OCC. The average Bonchev–Trinajstić information content (AvgIpc) is 3.10. The lowest BCUT2D eigenvalue weighted by atomic mass is 10.1. The van der Waals surface area contributed by atoms with Crippen molar-refractivity contribution in [3.05, 3.63) is 46.2 Å². The maximum atomic E-state index is 11.9. The summed E-state index contributed by atoms with van der Waals surface area (Å²) in [4.78, 5) is 17.5. The third kappa shape index (κ3) is 4.99. The quantitative estimate of drug-likeness (QED) is 0.343. The molecule has 7 heteroatoms. The number of rotatable bonds is 8. The number of thiophene rings is 1. The van der Waals surface area contributed by atoms with Crippen LogP contribution in [0.5, 0.6) is 11.5 Å². The van der Waals surface area contributed by atoms with Crippen molar-refractivity contribution in [2.45, 2.75) is 20.3 Å². The van der Waals surface area contributed by atoms with Crippen molar-refractivity contribution < 1.29 is 19.1 Å². The van der Waals surface area contributed by atoms with E-state index in [1.165, 1.54) is 11.3 Å². The van der Waals surface area contributed by atoms with Crippen molar-refractivity contribution in [1.29, 1.82) is 0 Å². The van der Waals surface area contributed by atoms with Crippen LogP contribution in [0.4, 0.5) is 0 Å². The Balaban J connectivity index is 2.00. The second kappa shape index (κ2) is 8.93. The molecule has 0 aliphatic heterocycles. The zero-order valence-corrected chi connectivity index (χ0v) is 14.5. The Morgan fingerprint density at radius 2 is 1.92 bits per heavy atom. The van der Waals surface area contributed by atoms with E-state index in [1.807, 2.05) is 25.3 Å². The smallest absolute Gasteiger partial charge is 0.339 e. The molecule has 0 radical (unpaired) electrons. The van der Waals surface area contributed by atoms with Crippen LogP contribution in [0.15, 0.2) is 40.9 Å². The summed E-state index contributed by atoms with van der Waals surface area (Å²) in [7, 11) is 0. The van der Waals surface area contributed by atoms with E-state index >= 15 is 0 Å². The van der Waals surface area contributed by atoms with Gasteiger partial charge in [0.1, 0.15) is 0 Å². The molecule has 2 N–H and O–H groups in total. The summed E-state index contributed by atoms with van der Waals surface area (Å²) in [5.74, 6) is 0.934. The highest BCUT2D eigenvalue weighted by Crippen LogP contribution is 2.28. The van der Waals surface area contributed by atoms with Gasteiger partial charge >= 0.3 is 5.97 Å². The van der Waals surface area contributed by atoms with Crippen molar-refractivity contribution in [3.63, 3.8) is 0 Å². The van der Waals surface area contributed by atoms with Gasteiger partial charge in [-0.15, -0.1) is 11.3 Å². The van der Waals surface area contributed by atoms with Gasteiger partial charge in [-0.3, -0.25) is 0 Å². The molecule has 0 bridgehead atoms. The molecule has 0 aliphatic rings. The topological polar surface area (TPSA) is 83.1 Å². The predicted octanol–water partition coefficient (Wildman–Crippen LogP) is 2.95. The molecule has 0 atom stereocenters. The van der Waals surface area contributed by atoms with Gasteiger partial charge in [-0.1, -0.05) is 17.3 Å². The zero-order chi connectivity index (χ0) is 17.4. The van der Waals surface area contributed by atoms with Crippen LogP contribution in [0.3, 0.4) is 0 Å². The molecule has 1 aromatic carbocycles. The molecular formula is C17H20N2O4S. The summed E-state index contributed by atoms with van der Waals surface area (Å²) in [6.07, 6.45) is 0.0632. The first kappa shape index (κ1) is 17.8.